The fourth-order valence-corrected chi connectivity index (χ4v) is 1.99. The quantitative estimate of drug-likeness (QED) is 0.763. The Hall–Kier alpha value is -1.39. The molecule has 0 aliphatic heterocycles. The van der Waals surface area contributed by atoms with Gasteiger partial charge < -0.3 is 5.32 Å². The molecule has 1 aliphatic carbocycles. The highest BCUT2D eigenvalue weighted by molar-refractivity contribution is 5.78. The van der Waals surface area contributed by atoms with Crippen molar-refractivity contribution in [3.05, 3.63) is 12.2 Å². The first-order chi connectivity index (χ1) is 7.36. The highest BCUT2D eigenvalue weighted by Gasteiger charge is 2.21. The molecule has 1 saturated carbocycles. The molecule has 2 N–H and O–H groups in total. The van der Waals surface area contributed by atoms with Crippen LogP contribution in [0, 0.1) is 5.92 Å². The summed E-state index contributed by atoms with van der Waals surface area (Å²) < 4.78 is 0. The molecule has 5 heteroatoms. The highest BCUT2D eigenvalue weighted by Crippen LogP contribution is 2.24. The van der Waals surface area contributed by atoms with Gasteiger partial charge in [0.15, 0.2) is 0 Å². The Morgan fingerprint density at radius 1 is 1.53 bits per heavy atom. The van der Waals surface area contributed by atoms with Crippen LogP contribution in [0.2, 0.25) is 0 Å². The van der Waals surface area contributed by atoms with Crippen molar-refractivity contribution < 1.29 is 4.79 Å². The Balaban J connectivity index is 1.67. The second-order valence-electron chi connectivity index (χ2n) is 3.95. The fraction of sp³-hybridized carbons (Fsp3) is 0.700. The molecule has 1 amide bonds. The number of nitrogens with zero attached hydrogens (tertiary/aromatic N) is 2. The molecule has 1 heterocycles. The summed E-state index contributed by atoms with van der Waals surface area (Å²) in [4.78, 5) is 15.6. The van der Waals surface area contributed by atoms with Crippen molar-refractivity contribution in [3.8, 4) is 0 Å². The maximum absolute atomic E-state index is 11.6. The second kappa shape index (κ2) is 4.91. The minimum atomic E-state index is 0.201. The third-order valence-electron chi connectivity index (χ3n) is 2.85. The van der Waals surface area contributed by atoms with Crippen LogP contribution in [-0.2, 0) is 11.2 Å². The van der Waals surface area contributed by atoms with Crippen molar-refractivity contribution in [1.82, 2.24) is 20.5 Å². The molecule has 0 unspecified atom stereocenters. The molecule has 0 saturated heterocycles. The van der Waals surface area contributed by atoms with Gasteiger partial charge in [0.25, 0.3) is 0 Å². The van der Waals surface area contributed by atoms with Crippen LogP contribution in [0.3, 0.4) is 0 Å². The van der Waals surface area contributed by atoms with Crippen LogP contribution < -0.4 is 5.32 Å². The number of rotatable bonds is 4. The molecule has 0 radical (unpaired) electrons. The molecule has 1 fully saturated rings. The molecular weight excluding hydrogens is 192 g/mol. The van der Waals surface area contributed by atoms with Gasteiger partial charge in [0, 0.05) is 18.9 Å². The van der Waals surface area contributed by atoms with Crippen LogP contribution in [0.4, 0.5) is 0 Å². The lowest BCUT2D eigenvalue weighted by atomic mass is 10.1. The summed E-state index contributed by atoms with van der Waals surface area (Å²) in [5, 5.41) is 9.45. The topological polar surface area (TPSA) is 70.7 Å². The number of hydrogen-bond acceptors (Lipinski definition) is 3. The second-order valence-corrected chi connectivity index (χ2v) is 3.95. The number of aromatic nitrogens is 3. The summed E-state index contributed by atoms with van der Waals surface area (Å²) in [5.41, 5.74) is 0. The monoisotopic (exact) mass is 208 g/mol. The van der Waals surface area contributed by atoms with Gasteiger partial charge in [0.05, 0.1) is 0 Å². The van der Waals surface area contributed by atoms with Crippen molar-refractivity contribution in [2.45, 2.75) is 32.1 Å². The van der Waals surface area contributed by atoms with E-state index in [9.17, 15) is 4.79 Å². The average Bonchev–Trinajstić information content (AvgIpc) is 2.90. The summed E-state index contributed by atoms with van der Waals surface area (Å²) in [5.74, 6) is 1.27. The third-order valence-corrected chi connectivity index (χ3v) is 2.85. The Labute approximate surface area is 88.7 Å². The highest BCUT2D eigenvalue weighted by atomic mass is 16.1. The lowest BCUT2D eigenvalue weighted by Crippen LogP contribution is -2.31. The third kappa shape index (κ3) is 2.78. The number of nitrogens with one attached hydrogen (secondary N) is 2. The molecule has 0 spiro atoms. The zero-order valence-corrected chi connectivity index (χ0v) is 8.70. The van der Waals surface area contributed by atoms with E-state index in [2.05, 4.69) is 20.5 Å². The predicted octanol–water partition coefficient (Wildman–Crippen LogP) is 0.654. The maximum atomic E-state index is 11.6. The van der Waals surface area contributed by atoms with Crippen LogP contribution in [0.25, 0.3) is 0 Å². The fourth-order valence-electron chi connectivity index (χ4n) is 1.99. The molecule has 0 aromatic carbocycles. The number of carbonyl (C=O) groups excluding carboxylic acids is 1. The van der Waals surface area contributed by atoms with Crippen molar-refractivity contribution in [2.24, 2.45) is 5.92 Å². The van der Waals surface area contributed by atoms with Gasteiger partial charge in [-0.1, -0.05) is 12.8 Å². The Morgan fingerprint density at radius 3 is 3.00 bits per heavy atom. The minimum Gasteiger partial charge on any atom is -0.355 e. The molecule has 2 rings (SSSR count). The lowest BCUT2D eigenvalue weighted by Gasteiger charge is -2.09. The van der Waals surface area contributed by atoms with E-state index in [-0.39, 0.29) is 11.8 Å². The van der Waals surface area contributed by atoms with Gasteiger partial charge in [0.1, 0.15) is 12.2 Å². The van der Waals surface area contributed by atoms with E-state index in [0.717, 1.165) is 25.1 Å². The van der Waals surface area contributed by atoms with Crippen LogP contribution >= 0.6 is 0 Å². The van der Waals surface area contributed by atoms with E-state index in [1.54, 1.807) is 0 Å². The Bertz CT molecular complexity index is 303. The molecule has 0 atom stereocenters. The van der Waals surface area contributed by atoms with Gasteiger partial charge in [-0.05, 0) is 12.8 Å². The summed E-state index contributed by atoms with van der Waals surface area (Å²) in [6.07, 6.45) is 6.69. The first kappa shape index (κ1) is 10.1. The van der Waals surface area contributed by atoms with E-state index in [1.807, 2.05) is 0 Å². The van der Waals surface area contributed by atoms with E-state index in [1.165, 1.54) is 19.2 Å². The van der Waals surface area contributed by atoms with Crippen molar-refractivity contribution >= 4 is 5.91 Å². The molecule has 1 aromatic heterocycles. The molecule has 15 heavy (non-hydrogen) atoms. The molecular formula is C10H16N4O. The first-order valence-electron chi connectivity index (χ1n) is 5.48. The van der Waals surface area contributed by atoms with Crippen LogP contribution in [-0.4, -0.2) is 27.6 Å². The van der Waals surface area contributed by atoms with Gasteiger partial charge in [-0.25, -0.2) is 4.98 Å². The lowest BCUT2D eigenvalue weighted by molar-refractivity contribution is -0.124. The molecule has 82 valence electrons. The smallest absolute Gasteiger partial charge is 0.223 e. The normalized spacial score (nSPS) is 16.8. The molecule has 1 aromatic rings. The molecule has 5 nitrogen and oxygen atoms in total. The average molecular weight is 208 g/mol. The van der Waals surface area contributed by atoms with Crippen molar-refractivity contribution in [3.63, 3.8) is 0 Å². The number of aromatic amines is 1. The zero-order chi connectivity index (χ0) is 10.5. The Morgan fingerprint density at radius 2 is 2.33 bits per heavy atom. The minimum absolute atomic E-state index is 0.201. The summed E-state index contributed by atoms with van der Waals surface area (Å²) in [6, 6.07) is 0. The standard InChI is InChI=1S/C10H16N4O/c15-10(8-3-1-2-4-8)11-6-5-9-12-7-13-14-9/h7-8H,1-6H2,(H,11,15)(H,12,13,14). The van der Waals surface area contributed by atoms with Crippen molar-refractivity contribution in [2.75, 3.05) is 6.54 Å². The Kier molecular flexibility index (Phi) is 3.32. The van der Waals surface area contributed by atoms with E-state index < -0.39 is 0 Å². The molecule has 1 aliphatic rings. The van der Waals surface area contributed by atoms with E-state index >= 15 is 0 Å². The number of H-pyrrole nitrogens is 1. The maximum Gasteiger partial charge on any atom is 0.223 e. The van der Waals surface area contributed by atoms with Crippen LogP contribution in [0.5, 0.6) is 0 Å². The SMILES string of the molecule is O=C(NCCc1ncn[nH]1)C1CCCC1. The molecule has 0 bridgehead atoms. The number of amides is 1. The summed E-state index contributed by atoms with van der Waals surface area (Å²) in [7, 11) is 0. The van der Waals surface area contributed by atoms with Gasteiger partial charge >= 0.3 is 0 Å². The van der Waals surface area contributed by atoms with Gasteiger partial charge in [-0.2, -0.15) is 5.10 Å². The zero-order valence-electron chi connectivity index (χ0n) is 8.70. The van der Waals surface area contributed by atoms with Crippen molar-refractivity contribution in [1.29, 1.82) is 0 Å². The number of carbonyl (C=O) groups is 1. The van der Waals surface area contributed by atoms with Crippen LogP contribution in [0.15, 0.2) is 6.33 Å². The first-order valence-corrected chi connectivity index (χ1v) is 5.48. The van der Waals surface area contributed by atoms with Gasteiger partial charge in [0.2, 0.25) is 5.91 Å². The van der Waals surface area contributed by atoms with E-state index in [4.69, 9.17) is 0 Å². The van der Waals surface area contributed by atoms with Gasteiger partial charge in [-0.15, -0.1) is 0 Å². The predicted molar refractivity (Wildman–Crippen MR) is 55.1 cm³/mol. The summed E-state index contributed by atoms with van der Waals surface area (Å²) in [6.45, 7) is 0.643. The van der Waals surface area contributed by atoms with E-state index in [0.29, 0.717) is 6.54 Å². The number of hydrogen-bond donors (Lipinski definition) is 2. The van der Waals surface area contributed by atoms with Crippen LogP contribution in [0.1, 0.15) is 31.5 Å². The summed E-state index contributed by atoms with van der Waals surface area (Å²) >= 11 is 0. The van der Waals surface area contributed by atoms with Gasteiger partial charge in [-0.3, -0.25) is 9.89 Å². The largest absolute Gasteiger partial charge is 0.355 e.